The molecule has 1 aromatic carbocycles. The lowest BCUT2D eigenvalue weighted by Crippen LogP contribution is -2.31. The van der Waals surface area contributed by atoms with Gasteiger partial charge in [-0.05, 0) is 17.9 Å². The van der Waals surface area contributed by atoms with Crippen molar-refractivity contribution in [1.29, 1.82) is 0 Å². The van der Waals surface area contributed by atoms with Crippen LogP contribution in [0.15, 0.2) is 24.3 Å². The van der Waals surface area contributed by atoms with E-state index in [9.17, 15) is 9.59 Å². The van der Waals surface area contributed by atoms with Crippen LogP contribution in [0.1, 0.15) is 13.3 Å². The monoisotopic (exact) mass is 269 g/mol. The number of nitrogens with zero attached hydrogens (tertiary/aromatic N) is 1. The van der Waals surface area contributed by atoms with Gasteiger partial charge in [0.05, 0.1) is 16.0 Å². The molecule has 90 valence electrons. The molecule has 0 aliphatic carbocycles. The van der Waals surface area contributed by atoms with Gasteiger partial charge in [-0.3, -0.25) is 9.59 Å². The molecule has 0 unspecified atom stereocenters. The first-order valence-electron chi connectivity index (χ1n) is 5.38. The summed E-state index contributed by atoms with van der Waals surface area (Å²) >= 11 is 7.51. The van der Waals surface area contributed by atoms with Crippen molar-refractivity contribution in [2.45, 2.75) is 18.6 Å². The Morgan fingerprint density at radius 3 is 2.76 bits per heavy atom. The molecule has 0 saturated carbocycles. The van der Waals surface area contributed by atoms with Gasteiger partial charge in [0.2, 0.25) is 11.8 Å². The van der Waals surface area contributed by atoms with E-state index in [0.29, 0.717) is 10.7 Å². The van der Waals surface area contributed by atoms with Crippen LogP contribution in [0, 0.1) is 0 Å². The van der Waals surface area contributed by atoms with Crippen molar-refractivity contribution in [3.8, 4) is 0 Å². The summed E-state index contributed by atoms with van der Waals surface area (Å²) in [5.74, 6) is 0.490. The maximum absolute atomic E-state index is 12.1. The lowest BCUT2D eigenvalue weighted by atomic mass is 10.3. The van der Waals surface area contributed by atoms with Gasteiger partial charge >= 0.3 is 0 Å². The van der Waals surface area contributed by atoms with Crippen LogP contribution in [0.5, 0.6) is 0 Å². The Kier molecular flexibility index (Phi) is 3.74. The van der Waals surface area contributed by atoms with Crippen molar-refractivity contribution in [2.24, 2.45) is 0 Å². The van der Waals surface area contributed by atoms with Crippen LogP contribution in [-0.4, -0.2) is 22.8 Å². The molecule has 1 aromatic rings. The van der Waals surface area contributed by atoms with Crippen LogP contribution in [0.25, 0.3) is 0 Å². The number of thioether (sulfide) groups is 1. The topological polar surface area (TPSA) is 37.4 Å². The zero-order valence-electron chi connectivity index (χ0n) is 9.35. The lowest BCUT2D eigenvalue weighted by Gasteiger charge is -2.15. The summed E-state index contributed by atoms with van der Waals surface area (Å²) in [6.45, 7) is 1.97. The molecule has 17 heavy (non-hydrogen) atoms. The molecule has 0 N–H and O–H groups in total. The summed E-state index contributed by atoms with van der Waals surface area (Å²) in [6.07, 6.45) is 0.266. The Bertz CT molecular complexity index is 464. The molecule has 1 saturated heterocycles. The molecule has 0 spiro atoms. The van der Waals surface area contributed by atoms with E-state index >= 15 is 0 Å². The van der Waals surface area contributed by atoms with E-state index in [2.05, 4.69) is 0 Å². The summed E-state index contributed by atoms with van der Waals surface area (Å²) in [5.41, 5.74) is 0.489. The number of rotatable bonds is 3. The number of halogens is 1. The van der Waals surface area contributed by atoms with E-state index < -0.39 is 0 Å². The molecule has 0 aromatic heterocycles. The Morgan fingerprint density at radius 1 is 1.41 bits per heavy atom. The Morgan fingerprint density at radius 2 is 2.12 bits per heavy atom. The molecule has 2 amide bonds. The zero-order valence-corrected chi connectivity index (χ0v) is 10.9. The molecule has 0 bridgehead atoms. The maximum atomic E-state index is 12.1. The van der Waals surface area contributed by atoms with E-state index in [0.717, 1.165) is 5.75 Å². The predicted molar refractivity (Wildman–Crippen MR) is 70.5 cm³/mol. The second-order valence-electron chi connectivity index (χ2n) is 3.67. The minimum atomic E-state index is -0.260. The average molecular weight is 270 g/mol. The van der Waals surface area contributed by atoms with Crippen molar-refractivity contribution in [3.63, 3.8) is 0 Å². The number of anilines is 1. The number of carbonyl (C=O) groups excluding carboxylic acids is 2. The Balaban J connectivity index is 2.31. The molecule has 1 heterocycles. The molecule has 0 radical (unpaired) electrons. The number of hydrogen-bond acceptors (Lipinski definition) is 3. The molecule has 1 aliphatic heterocycles. The summed E-state index contributed by atoms with van der Waals surface area (Å²) in [4.78, 5) is 25.1. The highest BCUT2D eigenvalue weighted by molar-refractivity contribution is 8.00. The van der Waals surface area contributed by atoms with Gasteiger partial charge in [-0.2, -0.15) is 0 Å². The molecule has 1 aliphatic rings. The molecule has 5 heteroatoms. The van der Waals surface area contributed by atoms with Crippen LogP contribution in [-0.2, 0) is 9.59 Å². The fourth-order valence-corrected chi connectivity index (χ4v) is 2.95. The van der Waals surface area contributed by atoms with E-state index in [-0.39, 0.29) is 23.5 Å². The minimum absolute atomic E-state index is 0.157. The SMILES string of the molecule is CCS[C@H]1CC(=O)N(c2ccccc2Cl)C1=O. The van der Waals surface area contributed by atoms with Gasteiger partial charge in [-0.1, -0.05) is 30.7 Å². The highest BCUT2D eigenvalue weighted by atomic mass is 35.5. The van der Waals surface area contributed by atoms with Crippen molar-refractivity contribution < 1.29 is 9.59 Å². The van der Waals surface area contributed by atoms with Gasteiger partial charge in [-0.25, -0.2) is 4.90 Å². The number of benzene rings is 1. The average Bonchev–Trinajstić information content (AvgIpc) is 2.57. The van der Waals surface area contributed by atoms with Crippen molar-refractivity contribution >= 4 is 40.9 Å². The molecular weight excluding hydrogens is 258 g/mol. The highest BCUT2D eigenvalue weighted by Gasteiger charge is 2.40. The van der Waals surface area contributed by atoms with E-state index in [1.54, 1.807) is 24.3 Å². The zero-order chi connectivity index (χ0) is 12.4. The number of para-hydroxylation sites is 1. The first-order chi connectivity index (χ1) is 8.15. The van der Waals surface area contributed by atoms with Crippen LogP contribution >= 0.6 is 23.4 Å². The van der Waals surface area contributed by atoms with E-state index in [1.807, 2.05) is 6.92 Å². The quantitative estimate of drug-likeness (QED) is 0.792. The molecule has 1 fully saturated rings. The Labute approximate surface area is 109 Å². The van der Waals surface area contributed by atoms with Gasteiger partial charge in [0, 0.05) is 6.42 Å². The van der Waals surface area contributed by atoms with Crippen LogP contribution in [0.2, 0.25) is 5.02 Å². The standard InChI is InChI=1S/C12H12ClNO2S/c1-2-17-10-7-11(15)14(12(10)16)9-6-4-3-5-8(9)13/h3-6,10H,2,7H2,1H3/t10-/m0/s1. The smallest absolute Gasteiger partial charge is 0.247 e. The third-order valence-electron chi connectivity index (χ3n) is 2.57. The summed E-state index contributed by atoms with van der Waals surface area (Å²) in [7, 11) is 0. The number of hydrogen-bond donors (Lipinski definition) is 0. The molecule has 2 rings (SSSR count). The Hall–Kier alpha value is -1.00. The largest absolute Gasteiger partial charge is 0.274 e. The predicted octanol–water partition coefficient (Wildman–Crippen LogP) is 2.73. The normalized spacial score (nSPS) is 20.1. The van der Waals surface area contributed by atoms with Crippen LogP contribution < -0.4 is 4.90 Å². The summed E-state index contributed by atoms with van der Waals surface area (Å²) in [6, 6.07) is 6.91. The molecule has 3 nitrogen and oxygen atoms in total. The second kappa shape index (κ2) is 5.10. The fourth-order valence-electron chi connectivity index (χ4n) is 1.82. The van der Waals surface area contributed by atoms with Crippen LogP contribution in [0.3, 0.4) is 0 Å². The van der Waals surface area contributed by atoms with Crippen molar-refractivity contribution in [3.05, 3.63) is 29.3 Å². The van der Waals surface area contributed by atoms with Gasteiger partial charge in [0.15, 0.2) is 0 Å². The fraction of sp³-hybridized carbons (Fsp3) is 0.333. The summed E-state index contributed by atoms with van der Waals surface area (Å²) in [5, 5.41) is 0.167. The number of amides is 2. The van der Waals surface area contributed by atoms with Gasteiger partial charge < -0.3 is 0 Å². The van der Waals surface area contributed by atoms with Gasteiger partial charge in [0.1, 0.15) is 0 Å². The number of carbonyl (C=O) groups is 2. The maximum Gasteiger partial charge on any atom is 0.247 e. The summed E-state index contributed by atoms with van der Waals surface area (Å²) < 4.78 is 0. The first-order valence-corrected chi connectivity index (χ1v) is 6.80. The van der Waals surface area contributed by atoms with Gasteiger partial charge in [0.25, 0.3) is 0 Å². The third-order valence-corrected chi connectivity index (χ3v) is 3.99. The van der Waals surface area contributed by atoms with E-state index in [1.165, 1.54) is 16.7 Å². The first kappa shape index (κ1) is 12.5. The molecule has 1 atom stereocenters. The van der Waals surface area contributed by atoms with Gasteiger partial charge in [-0.15, -0.1) is 11.8 Å². The third kappa shape index (κ3) is 2.33. The minimum Gasteiger partial charge on any atom is -0.274 e. The lowest BCUT2D eigenvalue weighted by molar-refractivity contribution is -0.121. The van der Waals surface area contributed by atoms with Crippen molar-refractivity contribution in [2.75, 3.05) is 10.7 Å². The van der Waals surface area contributed by atoms with Crippen molar-refractivity contribution in [1.82, 2.24) is 0 Å². The highest BCUT2D eigenvalue weighted by Crippen LogP contribution is 2.33. The van der Waals surface area contributed by atoms with Crippen LogP contribution in [0.4, 0.5) is 5.69 Å². The molecular formula is C12H12ClNO2S. The van der Waals surface area contributed by atoms with E-state index in [4.69, 9.17) is 11.6 Å². The number of imide groups is 1. The second-order valence-corrected chi connectivity index (χ2v) is 5.55.